The van der Waals surface area contributed by atoms with Crippen molar-refractivity contribution in [3.8, 4) is 5.88 Å². The fraction of sp³-hybridized carbons (Fsp3) is 0.600. The Morgan fingerprint density at radius 1 is 1.44 bits per heavy atom. The van der Waals surface area contributed by atoms with Crippen molar-refractivity contribution in [3.05, 3.63) is 11.9 Å². The number of hydrogen-bond acceptors (Lipinski definition) is 5. The number of fused-ring (bicyclic) bond motifs is 3. The lowest BCUT2D eigenvalue weighted by atomic mass is 10.2. The number of anilines is 1. The van der Waals surface area contributed by atoms with Gasteiger partial charge in [-0.2, -0.15) is 13.2 Å². The van der Waals surface area contributed by atoms with Crippen LogP contribution in [0.5, 0.6) is 5.88 Å². The van der Waals surface area contributed by atoms with Crippen molar-refractivity contribution in [2.24, 2.45) is 0 Å². The Morgan fingerprint density at radius 2 is 2.28 bits per heavy atom. The van der Waals surface area contributed by atoms with E-state index >= 15 is 0 Å². The van der Waals surface area contributed by atoms with Gasteiger partial charge in [-0.1, -0.05) is 0 Å². The molecular weight excluding hydrogens is 249 g/mol. The second-order valence-corrected chi connectivity index (χ2v) is 4.24. The molecule has 0 aromatic carbocycles. The summed E-state index contributed by atoms with van der Waals surface area (Å²) in [6, 6.07) is 0.109. The number of alkyl halides is 3. The summed E-state index contributed by atoms with van der Waals surface area (Å²) in [5, 5.41) is 3.20. The Morgan fingerprint density at radius 3 is 3.06 bits per heavy atom. The van der Waals surface area contributed by atoms with Crippen LogP contribution in [0.15, 0.2) is 6.20 Å². The molecule has 98 valence electrons. The van der Waals surface area contributed by atoms with E-state index < -0.39 is 11.9 Å². The monoisotopic (exact) mass is 260 g/mol. The molecule has 3 rings (SSSR count). The number of halogens is 3. The summed E-state index contributed by atoms with van der Waals surface area (Å²) < 4.78 is 42.8. The molecule has 0 amide bonds. The third-order valence-corrected chi connectivity index (χ3v) is 3.05. The number of aromatic nitrogens is 2. The van der Waals surface area contributed by atoms with E-state index in [1.807, 2.05) is 4.90 Å². The smallest absolute Gasteiger partial charge is 0.435 e. The number of hydrogen-bond donors (Lipinski definition) is 1. The SMILES string of the molecule is FC(F)(F)c1cnc2c(n1)OC[C@H]1CNCCN21. The van der Waals surface area contributed by atoms with Crippen LogP contribution in [0.25, 0.3) is 0 Å². The quantitative estimate of drug-likeness (QED) is 0.743. The van der Waals surface area contributed by atoms with E-state index in [2.05, 4.69) is 15.3 Å². The van der Waals surface area contributed by atoms with Gasteiger partial charge in [-0.25, -0.2) is 9.97 Å². The van der Waals surface area contributed by atoms with Crippen molar-refractivity contribution < 1.29 is 17.9 Å². The average molecular weight is 260 g/mol. The third-order valence-electron chi connectivity index (χ3n) is 3.05. The zero-order valence-electron chi connectivity index (χ0n) is 9.37. The van der Waals surface area contributed by atoms with Gasteiger partial charge in [0.05, 0.1) is 12.2 Å². The van der Waals surface area contributed by atoms with Crippen molar-refractivity contribution in [3.63, 3.8) is 0 Å². The largest absolute Gasteiger partial charge is 0.473 e. The highest BCUT2D eigenvalue weighted by Gasteiger charge is 2.37. The Labute approximate surface area is 101 Å². The highest BCUT2D eigenvalue weighted by Crippen LogP contribution is 2.34. The molecule has 1 N–H and O–H groups in total. The van der Waals surface area contributed by atoms with Gasteiger partial charge >= 0.3 is 6.18 Å². The van der Waals surface area contributed by atoms with Gasteiger partial charge in [0.1, 0.15) is 6.61 Å². The molecule has 0 saturated carbocycles. The van der Waals surface area contributed by atoms with Crippen molar-refractivity contribution in [2.75, 3.05) is 31.1 Å². The highest BCUT2D eigenvalue weighted by atomic mass is 19.4. The first-order chi connectivity index (χ1) is 8.55. The minimum Gasteiger partial charge on any atom is -0.473 e. The van der Waals surface area contributed by atoms with E-state index in [9.17, 15) is 13.2 Å². The van der Waals surface area contributed by atoms with E-state index in [1.165, 1.54) is 0 Å². The zero-order valence-corrected chi connectivity index (χ0v) is 9.37. The van der Waals surface area contributed by atoms with Crippen LogP contribution >= 0.6 is 0 Å². The minimum absolute atomic E-state index is 0.0250. The first kappa shape index (κ1) is 11.5. The van der Waals surface area contributed by atoms with E-state index in [0.29, 0.717) is 19.0 Å². The van der Waals surface area contributed by atoms with Gasteiger partial charge in [0.2, 0.25) is 0 Å². The summed E-state index contributed by atoms with van der Waals surface area (Å²) in [5.74, 6) is 0.378. The van der Waals surface area contributed by atoms with Crippen LogP contribution in [0.3, 0.4) is 0 Å². The van der Waals surface area contributed by atoms with Crippen LogP contribution < -0.4 is 15.0 Å². The molecule has 0 unspecified atom stereocenters. The summed E-state index contributed by atoms with van der Waals surface area (Å²) in [7, 11) is 0. The van der Waals surface area contributed by atoms with Crippen molar-refractivity contribution >= 4 is 5.82 Å². The number of piperazine rings is 1. The van der Waals surface area contributed by atoms with Gasteiger partial charge in [-0.3, -0.25) is 0 Å². The summed E-state index contributed by atoms with van der Waals surface area (Å²) in [4.78, 5) is 9.31. The summed E-state index contributed by atoms with van der Waals surface area (Å²) in [5.41, 5.74) is -1.02. The molecule has 2 aliphatic rings. The Balaban J connectivity index is 1.96. The first-order valence-corrected chi connectivity index (χ1v) is 5.60. The molecule has 3 heterocycles. The normalized spacial score (nSPS) is 23.1. The number of rotatable bonds is 0. The molecule has 18 heavy (non-hydrogen) atoms. The van der Waals surface area contributed by atoms with Gasteiger partial charge in [0.15, 0.2) is 11.5 Å². The lowest BCUT2D eigenvalue weighted by Gasteiger charge is -2.40. The molecule has 0 radical (unpaired) electrons. The van der Waals surface area contributed by atoms with Gasteiger partial charge in [-0.15, -0.1) is 0 Å². The van der Waals surface area contributed by atoms with Gasteiger partial charge < -0.3 is 15.0 Å². The van der Waals surface area contributed by atoms with Crippen LogP contribution in [-0.4, -0.2) is 42.3 Å². The average Bonchev–Trinajstić information content (AvgIpc) is 2.37. The van der Waals surface area contributed by atoms with Crippen LogP contribution in [0.4, 0.5) is 19.0 Å². The molecule has 1 atom stereocenters. The second-order valence-electron chi connectivity index (χ2n) is 4.24. The Hall–Kier alpha value is -1.57. The Bertz CT molecular complexity index is 465. The maximum atomic E-state index is 12.5. The Kier molecular flexibility index (Phi) is 2.54. The fourth-order valence-electron chi connectivity index (χ4n) is 2.16. The van der Waals surface area contributed by atoms with E-state index in [-0.39, 0.29) is 11.9 Å². The molecule has 0 bridgehead atoms. The van der Waals surface area contributed by atoms with Crippen LogP contribution in [0.2, 0.25) is 0 Å². The molecule has 0 aliphatic carbocycles. The second kappa shape index (κ2) is 3.98. The lowest BCUT2D eigenvalue weighted by molar-refractivity contribution is -0.141. The predicted octanol–water partition coefficient (Wildman–Crippen LogP) is 0.666. The molecule has 8 heteroatoms. The molecular formula is C10H11F3N4O. The molecule has 1 saturated heterocycles. The topological polar surface area (TPSA) is 50.3 Å². The maximum absolute atomic E-state index is 12.5. The first-order valence-electron chi connectivity index (χ1n) is 5.60. The van der Waals surface area contributed by atoms with Crippen molar-refractivity contribution in [1.29, 1.82) is 0 Å². The molecule has 1 aromatic heterocycles. The number of nitrogens with one attached hydrogen (secondary N) is 1. The van der Waals surface area contributed by atoms with Crippen LogP contribution in [0, 0.1) is 0 Å². The summed E-state index contributed by atoms with van der Waals surface area (Å²) in [6.45, 7) is 2.54. The van der Waals surface area contributed by atoms with Crippen LogP contribution in [-0.2, 0) is 6.18 Å². The molecule has 5 nitrogen and oxygen atoms in total. The lowest BCUT2D eigenvalue weighted by Crippen LogP contribution is -2.56. The van der Waals surface area contributed by atoms with Crippen LogP contribution in [0.1, 0.15) is 5.69 Å². The molecule has 1 aromatic rings. The summed E-state index contributed by atoms with van der Waals surface area (Å²) in [6.07, 6.45) is -3.74. The third kappa shape index (κ3) is 1.86. The number of ether oxygens (including phenoxy) is 1. The predicted molar refractivity (Wildman–Crippen MR) is 56.5 cm³/mol. The standard InChI is InChI=1S/C10H11F3N4O/c11-10(12,13)7-4-15-8-9(16-7)18-5-6-3-14-1-2-17(6)8/h4,6,14H,1-3,5H2/t6-/m1/s1. The molecule has 1 fully saturated rings. The van der Waals surface area contributed by atoms with E-state index in [4.69, 9.17) is 4.74 Å². The van der Waals surface area contributed by atoms with Gasteiger partial charge in [-0.05, 0) is 0 Å². The van der Waals surface area contributed by atoms with Crippen molar-refractivity contribution in [1.82, 2.24) is 15.3 Å². The fourth-order valence-corrected chi connectivity index (χ4v) is 2.16. The highest BCUT2D eigenvalue weighted by molar-refractivity contribution is 5.52. The van der Waals surface area contributed by atoms with Gasteiger partial charge in [0.25, 0.3) is 5.88 Å². The zero-order chi connectivity index (χ0) is 12.8. The minimum atomic E-state index is -4.49. The van der Waals surface area contributed by atoms with E-state index in [0.717, 1.165) is 19.3 Å². The maximum Gasteiger partial charge on any atom is 0.435 e. The molecule has 2 aliphatic heterocycles. The molecule has 0 spiro atoms. The summed E-state index contributed by atoms with van der Waals surface area (Å²) >= 11 is 0. The van der Waals surface area contributed by atoms with E-state index in [1.54, 1.807) is 0 Å². The van der Waals surface area contributed by atoms with Gasteiger partial charge in [0, 0.05) is 19.6 Å². The van der Waals surface area contributed by atoms with Crippen molar-refractivity contribution in [2.45, 2.75) is 12.2 Å². The number of nitrogens with zero attached hydrogens (tertiary/aromatic N) is 3.